The highest BCUT2D eigenvalue weighted by Gasteiger charge is 2.71. The Hall–Kier alpha value is -1.13. The van der Waals surface area contributed by atoms with Crippen LogP contribution in [0, 0.1) is 0 Å². The average Bonchev–Trinajstić information content (AvgIpc) is 2.80. The van der Waals surface area contributed by atoms with Gasteiger partial charge in [-0.2, -0.15) is 87.8 Å². The van der Waals surface area contributed by atoms with Gasteiger partial charge in [0, 0.05) is 0 Å². The van der Waals surface area contributed by atoms with Crippen molar-refractivity contribution in [3.63, 3.8) is 0 Å². The molecule has 0 N–H and O–H groups in total. The van der Waals surface area contributed by atoms with Crippen LogP contribution >= 0.6 is 0 Å². The van der Waals surface area contributed by atoms with Crippen LogP contribution in [0.2, 0.25) is 12.1 Å². The first-order valence-corrected chi connectivity index (χ1v) is 16.6. The summed E-state index contributed by atoms with van der Waals surface area (Å²) in [7, 11) is -12.9. The lowest BCUT2D eigenvalue weighted by atomic mass is 10.3. The second-order valence-electron chi connectivity index (χ2n) is 8.97. The maximum absolute atomic E-state index is 13.8. The summed E-state index contributed by atoms with van der Waals surface area (Å²) in [5.41, 5.74) is 0. The standard InChI is InChI=1S/C18H22F20O4Si2/c1-3-5-43(39-7-11(19,20)15(27,28)29,40-8-12(21,22)16(30,31)32)44(6-4-2,41-9-13(23,24)17(33,34)35)42-10-14(25,26)18(36,37)38/h3-10H2,1-2H3. The van der Waals surface area contributed by atoms with Gasteiger partial charge >= 0.3 is 64.6 Å². The van der Waals surface area contributed by atoms with Gasteiger partial charge in [-0.3, -0.25) is 0 Å². The summed E-state index contributed by atoms with van der Waals surface area (Å²) in [6, 6.07) is -3.15. The maximum Gasteiger partial charge on any atom is 0.455 e. The second-order valence-corrected chi connectivity index (χ2v) is 18.7. The molecule has 0 amide bonds. The molecule has 44 heavy (non-hydrogen) atoms. The van der Waals surface area contributed by atoms with E-state index in [0.717, 1.165) is 13.8 Å². The minimum atomic E-state index is -6.63. The predicted molar refractivity (Wildman–Crippen MR) is 110 cm³/mol. The van der Waals surface area contributed by atoms with Gasteiger partial charge in [-0.05, 0) is 12.1 Å². The van der Waals surface area contributed by atoms with E-state index in [0.29, 0.717) is 0 Å². The molecule has 4 nitrogen and oxygen atoms in total. The topological polar surface area (TPSA) is 36.9 Å². The highest BCUT2D eigenvalue weighted by atomic mass is 29.3. The Kier molecular flexibility index (Phi) is 13.6. The van der Waals surface area contributed by atoms with Crippen molar-refractivity contribution in [2.45, 2.75) is 87.2 Å². The van der Waals surface area contributed by atoms with E-state index in [-0.39, 0.29) is 0 Å². The lowest BCUT2D eigenvalue weighted by Gasteiger charge is -2.45. The van der Waals surface area contributed by atoms with Gasteiger partial charge in [0.2, 0.25) is 0 Å². The first kappa shape index (κ1) is 42.9. The molecule has 0 atom stereocenters. The van der Waals surface area contributed by atoms with Crippen LogP contribution in [-0.4, -0.2) is 91.0 Å². The van der Waals surface area contributed by atoms with Gasteiger partial charge < -0.3 is 17.7 Å². The van der Waals surface area contributed by atoms with E-state index in [1.165, 1.54) is 0 Å². The monoisotopic (exact) mass is 738 g/mol. The van der Waals surface area contributed by atoms with Gasteiger partial charge in [0.05, 0.1) is 0 Å². The van der Waals surface area contributed by atoms with E-state index in [2.05, 4.69) is 17.7 Å². The van der Waals surface area contributed by atoms with Gasteiger partial charge in [-0.25, -0.2) is 0 Å². The molecule has 0 heterocycles. The van der Waals surface area contributed by atoms with Gasteiger partial charge in [-0.1, -0.05) is 26.7 Å². The molecular formula is C18H22F20O4Si2. The van der Waals surface area contributed by atoms with Crippen LogP contribution in [0.15, 0.2) is 0 Å². The summed E-state index contributed by atoms with van der Waals surface area (Å²) in [5, 5.41) is 0. The number of halogens is 20. The smallest absolute Gasteiger partial charge is 0.387 e. The van der Waals surface area contributed by atoms with Crippen LogP contribution in [0.5, 0.6) is 0 Å². The van der Waals surface area contributed by atoms with Crippen molar-refractivity contribution in [1.82, 2.24) is 0 Å². The normalized spacial score (nSPS) is 15.7. The lowest BCUT2D eigenvalue weighted by Crippen LogP contribution is -2.73. The molecule has 0 bridgehead atoms. The average molecular weight is 739 g/mol. The second kappa shape index (κ2) is 13.9. The molecule has 0 fully saturated rings. The van der Waals surface area contributed by atoms with Crippen molar-refractivity contribution in [3.05, 3.63) is 0 Å². The van der Waals surface area contributed by atoms with Crippen molar-refractivity contribution in [3.8, 4) is 0 Å². The van der Waals surface area contributed by atoms with Crippen LogP contribution in [0.3, 0.4) is 0 Å². The van der Waals surface area contributed by atoms with E-state index in [9.17, 15) is 87.8 Å². The molecule has 0 unspecified atom stereocenters. The molecule has 0 spiro atoms. The number of rotatable bonds is 17. The zero-order chi connectivity index (χ0) is 35.5. The first-order chi connectivity index (χ1) is 19.2. The Morgan fingerprint density at radius 2 is 0.500 bits per heavy atom. The number of alkyl halides is 20. The summed E-state index contributed by atoms with van der Waals surface area (Å²) >= 11 is 0. The van der Waals surface area contributed by atoms with Gasteiger partial charge in [-0.15, -0.1) is 0 Å². The Morgan fingerprint density at radius 1 is 0.341 bits per heavy atom. The summed E-state index contributed by atoms with van der Waals surface area (Å²) in [4.78, 5) is 0. The summed E-state index contributed by atoms with van der Waals surface area (Å²) in [5.74, 6) is -24.5. The Labute approximate surface area is 236 Å². The fourth-order valence-corrected chi connectivity index (χ4v) is 15.7. The van der Waals surface area contributed by atoms with Gasteiger partial charge in [0.1, 0.15) is 26.4 Å². The summed E-state index contributed by atoms with van der Waals surface area (Å²) in [6.07, 6.45) is -28.3. The van der Waals surface area contributed by atoms with Crippen molar-refractivity contribution >= 4 is 16.2 Å². The Balaban J connectivity index is 7.57. The molecule has 266 valence electrons. The van der Waals surface area contributed by atoms with E-state index in [1.807, 2.05) is 0 Å². The number of hydrogen-bond donors (Lipinski definition) is 0. The third-order valence-electron chi connectivity index (χ3n) is 5.34. The zero-order valence-electron chi connectivity index (χ0n) is 21.8. The van der Waals surface area contributed by atoms with Crippen molar-refractivity contribution in [2.75, 3.05) is 26.4 Å². The third-order valence-corrected chi connectivity index (χ3v) is 18.0. The zero-order valence-corrected chi connectivity index (χ0v) is 23.8. The van der Waals surface area contributed by atoms with Crippen LogP contribution in [0.25, 0.3) is 0 Å². The van der Waals surface area contributed by atoms with Crippen LogP contribution < -0.4 is 0 Å². The van der Waals surface area contributed by atoms with Crippen molar-refractivity contribution < 1.29 is 106 Å². The molecule has 0 saturated heterocycles. The molecule has 0 aliphatic rings. The minimum Gasteiger partial charge on any atom is -0.387 e. The van der Waals surface area contributed by atoms with Gasteiger partial charge in [0.15, 0.2) is 0 Å². The number of hydrogen-bond acceptors (Lipinski definition) is 4. The SMILES string of the molecule is CCC[Si](OCC(F)(F)C(F)(F)F)(OCC(F)(F)C(F)(F)F)[Si](CCC)(OCC(F)(F)C(F)(F)F)OCC(F)(F)C(F)(F)F. The predicted octanol–water partition coefficient (Wildman–Crippen LogP) is 8.63. The molecule has 0 aliphatic carbocycles. The molecule has 0 aromatic carbocycles. The fourth-order valence-electron chi connectivity index (χ4n) is 3.01. The molecule has 26 heteroatoms. The molecule has 0 aromatic rings. The lowest BCUT2D eigenvalue weighted by molar-refractivity contribution is -0.299. The largest absolute Gasteiger partial charge is 0.455 e. The van der Waals surface area contributed by atoms with E-state index < -0.39 is 116 Å². The Morgan fingerprint density at radius 3 is 0.614 bits per heavy atom. The van der Waals surface area contributed by atoms with Crippen LogP contribution in [0.4, 0.5) is 87.8 Å². The highest BCUT2D eigenvalue weighted by molar-refractivity contribution is 7.32. The van der Waals surface area contributed by atoms with E-state index in [1.54, 1.807) is 0 Å². The molecule has 0 aromatic heterocycles. The van der Waals surface area contributed by atoms with Crippen LogP contribution in [0.1, 0.15) is 26.7 Å². The molecule has 0 aliphatic heterocycles. The molecule has 0 saturated carbocycles. The van der Waals surface area contributed by atoms with Crippen molar-refractivity contribution in [1.29, 1.82) is 0 Å². The van der Waals surface area contributed by atoms with Crippen LogP contribution in [-0.2, 0) is 17.7 Å². The third kappa shape index (κ3) is 10.2. The molecule has 0 rings (SSSR count). The van der Waals surface area contributed by atoms with Gasteiger partial charge in [0.25, 0.3) is 0 Å². The summed E-state index contributed by atoms with van der Waals surface area (Å²) in [6.45, 7) is -11.1. The van der Waals surface area contributed by atoms with E-state index in [4.69, 9.17) is 0 Å². The maximum atomic E-state index is 13.8. The first-order valence-electron chi connectivity index (χ1n) is 11.5. The quantitative estimate of drug-likeness (QED) is 0.111. The summed E-state index contributed by atoms with van der Waals surface area (Å²) < 4.78 is 281. The van der Waals surface area contributed by atoms with E-state index >= 15 is 0 Å². The highest BCUT2D eigenvalue weighted by Crippen LogP contribution is 2.45. The van der Waals surface area contributed by atoms with Crippen molar-refractivity contribution in [2.24, 2.45) is 0 Å². The molecular weight excluding hydrogens is 716 g/mol. The molecule has 0 radical (unpaired) electrons. The Bertz CT molecular complexity index is 767. The minimum absolute atomic E-state index is 0.804. The fraction of sp³-hybridized carbons (Fsp3) is 1.00.